The predicted octanol–water partition coefficient (Wildman–Crippen LogP) is 6.38. The Labute approximate surface area is 234 Å². The molecule has 2 unspecified atom stereocenters. The molecule has 1 amide bonds. The first-order valence-electron chi connectivity index (χ1n) is 14.4. The Morgan fingerprint density at radius 3 is 2.55 bits per heavy atom. The maximum atomic E-state index is 13.2. The first-order chi connectivity index (χ1) is 18.4. The summed E-state index contributed by atoms with van der Waals surface area (Å²) in [6.45, 7) is 22.2. The number of carbonyl (C=O) groups excluding carboxylic acids is 1. The number of benzene rings is 1. The molecular formula is C30H47N5O2S. The lowest BCUT2D eigenvalue weighted by Gasteiger charge is -2.30. The number of hydrogen-bond acceptors (Lipinski definition) is 7. The molecule has 0 saturated carbocycles. The van der Waals surface area contributed by atoms with Gasteiger partial charge in [0.05, 0.1) is 12.2 Å². The zero-order chi connectivity index (χ0) is 27.8. The summed E-state index contributed by atoms with van der Waals surface area (Å²) in [5.41, 5.74) is 3.05. The first kappa shape index (κ1) is 30.3. The van der Waals surface area contributed by atoms with E-state index in [2.05, 4.69) is 47.1 Å². The van der Waals surface area contributed by atoms with Crippen molar-refractivity contribution in [3.05, 3.63) is 47.3 Å². The van der Waals surface area contributed by atoms with Crippen molar-refractivity contribution in [3.63, 3.8) is 0 Å². The highest BCUT2D eigenvalue weighted by molar-refractivity contribution is 7.97. The van der Waals surface area contributed by atoms with E-state index in [4.69, 9.17) is 9.84 Å². The van der Waals surface area contributed by atoms with Gasteiger partial charge in [0.1, 0.15) is 11.4 Å². The Balaban J connectivity index is 0.00000195. The molecule has 0 aromatic heterocycles. The quantitative estimate of drug-likeness (QED) is 0.289. The maximum Gasteiger partial charge on any atom is 0.275 e. The summed E-state index contributed by atoms with van der Waals surface area (Å²) in [6.07, 6.45) is 5.53. The van der Waals surface area contributed by atoms with Gasteiger partial charge in [-0.15, -0.1) is 5.10 Å². The molecule has 3 heterocycles. The Kier molecular flexibility index (Phi) is 11.3. The SMILES string of the molecule is C=C(CCC)N1N=C(c2cc(SN3CCC4CCC(C3)N4CC)ccc2OCC)NC(=O)C1=C(C)C.CC. The van der Waals surface area contributed by atoms with Gasteiger partial charge in [0, 0.05) is 35.8 Å². The third kappa shape index (κ3) is 6.82. The number of nitrogens with one attached hydrogen (secondary N) is 1. The second-order valence-corrected chi connectivity index (χ2v) is 11.1. The smallest absolute Gasteiger partial charge is 0.275 e. The van der Waals surface area contributed by atoms with E-state index in [0.717, 1.165) is 66.0 Å². The number of amides is 1. The lowest BCUT2D eigenvalue weighted by Crippen LogP contribution is -2.43. The molecule has 3 aliphatic heterocycles. The number of nitrogens with zero attached hydrogens (tertiary/aromatic N) is 4. The van der Waals surface area contributed by atoms with Crippen LogP contribution in [0.1, 0.15) is 86.1 Å². The van der Waals surface area contributed by atoms with Crippen LogP contribution in [-0.4, -0.2) is 64.3 Å². The van der Waals surface area contributed by atoms with Gasteiger partial charge in [0.2, 0.25) is 0 Å². The number of allylic oxidation sites excluding steroid dienone is 2. The number of hydrogen-bond donors (Lipinski definition) is 1. The van der Waals surface area contributed by atoms with Crippen LogP contribution < -0.4 is 10.1 Å². The van der Waals surface area contributed by atoms with E-state index in [0.29, 0.717) is 24.2 Å². The molecule has 0 spiro atoms. The molecule has 38 heavy (non-hydrogen) atoms. The maximum absolute atomic E-state index is 13.2. The average molecular weight is 542 g/mol. The highest BCUT2D eigenvalue weighted by atomic mass is 32.2. The summed E-state index contributed by atoms with van der Waals surface area (Å²) in [6, 6.07) is 7.57. The molecule has 2 atom stereocenters. The van der Waals surface area contributed by atoms with Crippen molar-refractivity contribution in [2.75, 3.05) is 26.2 Å². The molecule has 2 bridgehead atoms. The normalized spacial score (nSPS) is 21.8. The minimum atomic E-state index is -0.166. The summed E-state index contributed by atoms with van der Waals surface area (Å²) in [5, 5.41) is 9.62. The number of ether oxygens (including phenoxy) is 1. The molecule has 210 valence electrons. The Bertz CT molecular complexity index is 1050. The van der Waals surface area contributed by atoms with Crippen molar-refractivity contribution < 1.29 is 9.53 Å². The second kappa shape index (κ2) is 14.2. The number of fused-ring (bicyclic) bond motifs is 2. The van der Waals surface area contributed by atoms with Crippen LogP contribution in [0, 0.1) is 0 Å². The zero-order valence-corrected chi connectivity index (χ0v) is 25.3. The lowest BCUT2D eigenvalue weighted by atomic mass is 10.1. The number of amidine groups is 1. The molecule has 8 heteroatoms. The second-order valence-electron chi connectivity index (χ2n) is 9.95. The summed E-state index contributed by atoms with van der Waals surface area (Å²) >= 11 is 1.80. The Morgan fingerprint density at radius 1 is 1.16 bits per heavy atom. The van der Waals surface area contributed by atoms with Crippen LogP contribution in [0.3, 0.4) is 0 Å². The molecule has 4 rings (SSSR count). The van der Waals surface area contributed by atoms with Gasteiger partial charge >= 0.3 is 0 Å². The van der Waals surface area contributed by atoms with E-state index in [1.807, 2.05) is 40.7 Å². The van der Waals surface area contributed by atoms with E-state index in [1.165, 1.54) is 19.3 Å². The minimum Gasteiger partial charge on any atom is -0.493 e. The third-order valence-corrected chi connectivity index (χ3v) is 8.23. The van der Waals surface area contributed by atoms with Gasteiger partial charge in [0.25, 0.3) is 5.91 Å². The minimum absolute atomic E-state index is 0.166. The molecule has 1 aromatic rings. The van der Waals surface area contributed by atoms with Crippen LogP contribution in [0.5, 0.6) is 5.75 Å². The number of rotatable bonds is 9. The largest absolute Gasteiger partial charge is 0.493 e. The molecule has 0 radical (unpaired) electrons. The third-order valence-electron chi connectivity index (χ3n) is 7.17. The Hall–Kier alpha value is -2.29. The van der Waals surface area contributed by atoms with Crippen LogP contribution in [0.25, 0.3) is 0 Å². The monoisotopic (exact) mass is 541 g/mol. The first-order valence-corrected chi connectivity index (χ1v) is 15.1. The van der Waals surface area contributed by atoms with Gasteiger partial charge in [-0.3, -0.25) is 9.69 Å². The fourth-order valence-corrected chi connectivity index (χ4v) is 6.58. The highest BCUT2D eigenvalue weighted by Crippen LogP contribution is 2.36. The molecular weight excluding hydrogens is 494 g/mol. The van der Waals surface area contributed by atoms with Crippen molar-refractivity contribution in [1.29, 1.82) is 0 Å². The lowest BCUT2D eigenvalue weighted by molar-refractivity contribution is -0.118. The predicted molar refractivity (Wildman–Crippen MR) is 159 cm³/mol. The fraction of sp³-hybridized carbons (Fsp3) is 0.600. The summed E-state index contributed by atoms with van der Waals surface area (Å²) < 4.78 is 8.47. The standard InChI is InChI=1S/C28H41N5O2S.C2H6/c1-7-10-20(6)33-26(19(4)5)28(34)29-27(30-33)24-17-23(13-14-25(24)35-9-3)36-31-16-15-21-11-12-22(18-31)32(21)8-2;1-2/h13-14,17,21-22H,6-12,15-16,18H2,1-5H3,(H,29,30,34);1-2H3. The summed E-state index contributed by atoms with van der Waals surface area (Å²) in [5.74, 6) is 1.05. The van der Waals surface area contributed by atoms with Crippen molar-refractivity contribution >= 4 is 23.7 Å². The van der Waals surface area contributed by atoms with Crippen LogP contribution in [-0.2, 0) is 4.79 Å². The van der Waals surface area contributed by atoms with Crippen LogP contribution in [0.4, 0.5) is 0 Å². The molecule has 3 aliphatic rings. The molecule has 1 N–H and O–H groups in total. The van der Waals surface area contributed by atoms with Gasteiger partial charge in [-0.05, 0) is 88.7 Å². The number of carbonyl (C=O) groups is 1. The van der Waals surface area contributed by atoms with Crippen molar-refractivity contribution in [2.24, 2.45) is 5.10 Å². The highest BCUT2D eigenvalue weighted by Gasteiger charge is 2.36. The van der Waals surface area contributed by atoms with Crippen LogP contribution in [0.2, 0.25) is 0 Å². The van der Waals surface area contributed by atoms with Crippen molar-refractivity contribution in [3.8, 4) is 5.75 Å². The molecule has 2 saturated heterocycles. The average Bonchev–Trinajstić information content (AvgIpc) is 3.20. The van der Waals surface area contributed by atoms with Crippen LogP contribution >= 0.6 is 11.9 Å². The molecule has 1 aromatic carbocycles. The van der Waals surface area contributed by atoms with E-state index in [1.54, 1.807) is 17.0 Å². The Morgan fingerprint density at radius 2 is 1.89 bits per heavy atom. The van der Waals surface area contributed by atoms with E-state index >= 15 is 0 Å². The number of likely N-dealkylation sites (N-methyl/N-ethyl adjacent to an activating group) is 1. The van der Waals surface area contributed by atoms with Crippen molar-refractivity contribution in [1.82, 2.24) is 19.5 Å². The molecule has 0 aliphatic carbocycles. The van der Waals surface area contributed by atoms with Crippen molar-refractivity contribution in [2.45, 2.75) is 97.5 Å². The summed E-state index contributed by atoms with van der Waals surface area (Å²) in [4.78, 5) is 17.0. The van der Waals surface area contributed by atoms with Gasteiger partial charge in [-0.1, -0.05) is 40.7 Å². The van der Waals surface area contributed by atoms with Gasteiger partial charge in [-0.25, -0.2) is 9.31 Å². The molecule has 2 fully saturated rings. The van der Waals surface area contributed by atoms with E-state index < -0.39 is 0 Å². The fourth-order valence-electron chi connectivity index (χ4n) is 5.54. The molecule has 7 nitrogen and oxygen atoms in total. The van der Waals surface area contributed by atoms with E-state index in [-0.39, 0.29) is 5.91 Å². The van der Waals surface area contributed by atoms with Gasteiger partial charge in [0.15, 0.2) is 5.84 Å². The number of hydrazone groups is 1. The van der Waals surface area contributed by atoms with Gasteiger partial charge < -0.3 is 10.1 Å². The zero-order valence-electron chi connectivity index (χ0n) is 24.5. The summed E-state index contributed by atoms with van der Waals surface area (Å²) in [7, 11) is 0. The van der Waals surface area contributed by atoms with Crippen LogP contribution in [0.15, 0.2) is 51.7 Å². The van der Waals surface area contributed by atoms with E-state index in [9.17, 15) is 4.79 Å². The topological polar surface area (TPSA) is 60.4 Å². The van der Waals surface area contributed by atoms with Gasteiger partial charge in [-0.2, -0.15) is 0 Å².